The number of hydrazone groups is 1. The van der Waals surface area contributed by atoms with E-state index in [2.05, 4.69) is 5.16 Å². The van der Waals surface area contributed by atoms with E-state index in [1.165, 1.54) is 31.2 Å². The molecule has 1 atom stereocenters. The van der Waals surface area contributed by atoms with Crippen LogP contribution in [0.2, 0.25) is 5.02 Å². The molecule has 1 aliphatic heterocycles. The summed E-state index contributed by atoms with van der Waals surface area (Å²) in [5.74, 6) is 3.51. The van der Waals surface area contributed by atoms with Crippen molar-refractivity contribution in [3.05, 3.63) is 41.0 Å². The molecule has 2 aromatic rings. The van der Waals surface area contributed by atoms with E-state index in [0.717, 1.165) is 48.5 Å². The summed E-state index contributed by atoms with van der Waals surface area (Å²) in [4.78, 5) is 12.4. The number of rotatable bonds is 3. The lowest BCUT2D eigenvalue weighted by Gasteiger charge is -2.55. The number of carbonyl (C=O) groups is 1. The molecule has 4 aliphatic carbocycles. The molecule has 0 spiro atoms. The van der Waals surface area contributed by atoms with Gasteiger partial charge in [-0.1, -0.05) is 16.8 Å². The number of aromatic nitrogens is 1. The first-order valence-corrected chi connectivity index (χ1v) is 11.1. The van der Waals surface area contributed by atoms with Crippen molar-refractivity contribution < 1.29 is 14.1 Å². The van der Waals surface area contributed by atoms with Crippen molar-refractivity contribution in [2.24, 2.45) is 28.3 Å². The van der Waals surface area contributed by atoms with Crippen molar-refractivity contribution in [1.29, 1.82) is 0 Å². The number of nitrogens with zero attached hydrogens (tertiary/aromatic N) is 3. The van der Waals surface area contributed by atoms with Gasteiger partial charge < -0.3 is 9.26 Å². The van der Waals surface area contributed by atoms with Gasteiger partial charge in [-0.15, -0.1) is 5.10 Å². The van der Waals surface area contributed by atoms with Crippen LogP contribution in [0.5, 0.6) is 0 Å². The van der Waals surface area contributed by atoms with Crippen LogP contribution in [0.25, 0.3) is 11.3 Å². The highest BCUT2D eigenvalue weighted by atomic mass is 35.5. The molecule has 4 bridgehead atoms. The van der Waals surface area contributed by atoms with E-state index in [4.69, 9.17) is 26.0 Å². The maximum absolute atomic E-state index is 12.4. The van der Waals surface area contributed by atoms with Gasteiger partial charge in [0.1, 0.15) is 5.69 Å². The van der Waals surface area contributed by atoms with Gasteiger partial charge in [0.15, 0.2) is 5.76 Å². The van der Waals surface area contributed by atoms with Crippen LogP contribution in [0.4, 0.5) is 0 Å². The van der Waals surface area contributed by atoms with E-state index < -0.39 is 6.23 Å². The second-order valence-corrected chi connectivity index (χ2v) is 10.00. The third-order valence-corrected chi connectivity index (χ3v) is 7.62. The SMILES string of the molecule is CC(=O)N1N=C(C23CC4CC(CC(C4)C2)C3)OC1c1cc(-c2ccc(Cl)cc2)on1. The van der Waals surface area contributed by atoms with Gasteiger partial charge >= 0.3 is 0 Å². The van der Waals surface area contributed by atoms with Crippen LogP contribution in [-0.2, 0) is 9.53 Å². The predicted molar refractivity (Wildman–Crippen MR) is 111 cm³/mol. The lowest BCUT2D eigenvalue weighted by Crippen LogP contribution is -2.50. The van der Waals surface area contributed by atoms with Gasteiger partial charge in [-0.25, -0.2) is 0 Å². The van der Waals surface area contributed by atoms with Crippen LogP contribution in [0, 0.1) is 23.2 Å². The quantitative estimate of drug-likeness (QED) is 0.660. The zero-order valence-electron chi connectivity index (χ0n) is 16.9. The van der Waals surface area contributed by atoms with Gasteiger partial charge in [0, 0.05) is 29.0 Å². The third kappa shape index (κ3) is 2.88. The van der Waals surface area contributed by atoms with Crippen molar-refractivity contribution in [1.82, 2.24) is 10.2 Å². The Labute approximate surface area is 180 Å². The molecule has 1 unspecified atom stereocenters. The molecular formula is C23H24ClN3O3. The Bertz CT molecular complexity index is 993. The summed E-state index contributed by atoms with van der Waals surface area (Å²) in [7, 11) is 0. The first-order chi connectivity index (χ1) is 14.5. The van der Waals surface area contributed by atoms with E-state index in [-0.39, 0.29) is 11.3 Å². The molecule has 0 radical (unpaired) electrons. The first-order valence-electron chi connectivity index (χ1n) is 10.8. The molecule has 4 saturated carbocycles. The number of benzene rings is 1. The Morgan fingerprint density at radius 1 is 1.10 bits per heavy atom. The largest absolute Gasteiger partial charge is 0.447 e. The lowest BCUT2D eigenvalue weighted by atomic mass is 9.49. The summed E-state index contributed by atoms with van der Waals surface area (Å²) in [5.41, 5.74) is 1.41. The molecule has 4 fully saturated rings. The first kappa shape index (κ1) is 18.4. The fourth-order valence-corrected chi connectivity index (χ4v) is 6.64. The Morgan fingerprint density at radius 3 is 2.33 bits per heavy atom. The summed E-state index contributed by atoms with van der Waals surface area (Å²) >= 11 is 5.98. The van der Waals surface area contributed by atoms with Crippen molar-refractivity contribution in [2.45, 2.75) is 51.7 Å². The van der Waals surface area contributed by atoms with Crippen molar-refractivity contribution in [2.75, 3.05) is 0 Å². The van der Waals surface area contributed by atoms with Gasteiger partial charge in [0.2, 0.25) is 18.0 Å². The molecule has 1 amide bonds. The highest BCUT2D eigenvalue weighted by Gasteiger charge is 2.56. The molecule has 5 aliphatic rings. The smallest absolute Gasteiger partial charge is 0.243 e. The van der Waals surface area contributed by atoms with Crippen LogP contribution in [0.15, 0.2) is 40.0 Å². The minimum Gasteiger partial charge on any atom is -0.447 e. The molecule has 156 valence electrons. The number of carbonyl (C=O) groups excluding carboxylic acids is 1. The summed E-state index contributed by atoms with van der Waals surface area (Å²) < 4.78 is 11.9. The second-order valence-electron chi connectivity index (χ2n) is 9.56. The monoisotopic (exact) mass is 425 g/mol. The number of hydrogen-bond acceptors (Lipinski definition) is 5. The maximum Gasteiger partial charge on any atom is 0.243 e. The third-order valence-electron chi connectivity index (χ3n) is 7.37. The lowest BCUT2D eigenvalue weighted by molar-refractivity contribution is -0.135. The van der Waals surface area contributed by atoms with Crippen LogP contribution >= 0.6 is 11.6 Å². The van der Waals surface area contributed by atoms with E-state index in [1.807, 2.05) is 18.2 Å². The molecule has 0 saturated heterocycles. The van der Waals surface area contributed by atoms with Crippen LogP contribution < -0.4 is 0 Å². The van der Waals surface area contributed by atoms with Gasteiger partial charge in [0.25, 0.3) is 0 Å². The topological polar surface area (TPSA) is 67.9 Å². The van der Waals surface area contributed by atoms with Gasteiger partial charge in [0.05, 0.1) is 0 Å². The molecule has 0 N–H and O–H groups in total. The van der Waals surface area contributed by atoms with Crippen molar-refractivity contribution in [3.8, 4) is 11.3 Å². The number of halogens is 1. The Kier molecular flexibility index (Phi) is 4.04. The number of hydrogen-bond donors (Lipinski definition) is 0. The van der Waals surface area contributed by atoms with Crippen LogP contribution in [0.1, 0.15) is 57.4 Å². The maximum atomic E-state index is 12.4. The van der Waals surface area contributed by atoms with E-state index in [9.17, 15) is 4.79 Å². The minimum absolute atomic E-state index is 0.0139. The van der Waals surface area contributed by atoms with Crippen LogP contribution in [0.3, 0.4) is 0 Å². The number of ether oxygens (including phenoxy) is 1. The summed E-state index contributed by atoms with van der Waals surface area (Å²) in [6.07, 6.45) is 6.76. The van der Waals surface area contributed by atoms with E-state index in [0.29, 0.717) is 16.5 Å². The molecule has 1 aromatic carbocycles. The molecule has 7 heteroatoms. The summed E-state index contributed by atoms with van der Waals surface area (Å²) in [5, 5.41) is 11.0. The fourth-order valence-electron chi connectivity index (χ4n) is 6.51. The average molecular weight is 426 g/mol. The van der Waals surface area contributed by atoms with Crippen molar-refractivity contribution in [3.63, 3.8) is 0 Å². The highest BCUT2D eigenvalue weighted by molar-refractivity contribution is 6.30. The average Bonchev–Trinajstić information content (AvgIpc) is 3.35. The molecule has 6 nitrogen and oxygen atoms in total. The van der Waals surface area contributed by atoms with E-state index >= 15 is 0 Å². The number of amides is 1. The minimum atomic E-state index is -0.671. The van der Waals surface area contributed by atoms with Crippen molar-refractivity contribution >= 4 is 23.4 Å². The predicted octanol–water partition coefficient (Wildman–Crippen LogP) is 5.40. The van der Waals surface area contributed by atoms with E-state index in [1.54, 1.807) is 12.1 Å². The Morgan fingerprint density at radius 2 is 1.73 bits per heavy atom. The molecule has 7 rings (SSSR count). The normalized spacial score (nSPS) is 34.2. The zero-order chi connectivity index (χ0) is 20.5. The van der Waals surface area contributed by atoms with Gasteiger partial charge in [-0.05, 0) is 80.5 Å². The standard InChI is InChI=1S/C23H24ClN3O3/c1-13(28)27-21(19-9-20(30-26-19)17-2-4-18(24)5-3-17)29-22(25-27)23-10-14-6-15(11-23)8-16(7-14)12-23/h2-5,9,14-16,21H,6-8,10-12H2,1H3. The molecular weight excluding hydrogens is 402 g/mol. The zero-order valence-corrected chi connectivity index (χ0v) is 17.6. The highest BCUT2D eigenvalue weighted by Crippen LogP contribution is 2.61. The second kappa shape index (κ2) is 6.58. The van der Waals surface area contributed by atoms with Gasteiger partial charge in [-0.3, -0.25) is 4.79 Å². The molecule has 30 heavy (non-hydrogen) atoms. The van der Waals surface area contributed by atoms with Gasteiger partial charge in [-0.2, -0.15) is 5.01 Å². The Balaban J connectivity index is 1.30. The molecule has 2 heterocycles. The summed E-state index contributed by atoms with van der Waals surface area (Å²) in [6, 6.07) is 9.19. The fraction of sp³-hybridized carbons (Fsp3) is 0.522. The van der Waals surface area contributed by atoms with Crippen LogP contribution in [-0.4, -0.2) is 22.0 Å². The molecule has 1 aromatic heterocycles. The summed E-state index contributed by atoms with van der Waals surface area (Å²) in [6.45, 7) is 1.52. The Hall–Kier alpha value is -2.34.